The van der Waals surface area contributed by atoms with Crippen molar-refractivity contribution in [1.29, 1.82) is 0 Å². The van der Waals surface area contributed by atoms with Crippen LogP contribution < -0.4 is 4.90 Å². The molecule has 1 fully saturated rings. The van der Waals surface area contributed by atoms with Gasteiger partial charge in [0.1, 0.15) is 11.6 Å². The van der Waals surface area contributed by atoms with E-state index in [1.165, 1.54) is 23.2 Å². The second kappa shape index (κ2) is 7.11. The smallest absolute Gasteiger partial charge is 0.308 e. The summed E-state index contributed by atoms with van der Waals surface area (Å²) in [7, 11) is 3.71. The van der Waals surface area contributed by atoms with Crippen LogP contribution in [0, 0.1) is 11.7 Å². The number of carboxylic acid groups (broad SMARTS) is 1. The molecule has 0 radical (unpaired) electrons. The van der Waals surface area contributed by atoms with Crippen molar-refractivity contribution in [2.45, 2.75) is 5.92 Å². The third-order valence-electron chi connectivity index (χ3n) is 4.65. The minimum Gasteiger partial charge on any atom is -0.481 e. The highest BCUT2D eigenvalue weighted by molar-refractivity contribution is 5.95. The van der Waals surface area contributed by atoms with E-state index in [0.717, 1.165) is 5.82 Å². The molecule has 1 saturated heterocycles. The minimum atomic E-state index is -0.990. The molecule has 0 spiro atoms. The summed E-state index contributed by atoms with van der Waals surface area (Å²) in [5.41, 5.74) is 0.994. The second-order valence-electron chi connectivity index (χ2n) is 6.62. The molecule has 7 heteroatoms. The molecule has 3 rings (SSSR count). The van der Waals surface area contributed by atoms with E-state index in [0.29, 0.717) is 11.1 Å². The van der Waals surface area contributed by atoms with Gasteiger partial charge in [0.25, 0.3) is 5.91 Å². The van der Waals surface area contributed by atoms with Crippen molar-refractivity contribution in [3.05, 3.63) is 59.5 Å². The normalized spacial score (nSPS) is 19.4. The van der Waals surface area contributed by atoms with Gasteiger partial charge in [-0.1, -0.05) is 12.1 Å². The zero-order valence-corrected chi connectivity index (χ0v) is 14.6. The number of anilines is 1. The Labute approximate surface area is 150 Å². The molecule has 6 nitrogen and oxygen atoms in total. The zero-order chi connectivity index (χ0) is 18.8. The van der Waals surface area contributed by atoms with Crippen molar-refractivity contribution >= 4 is 17.7 Å². The van der Waals surface area contributed by atoms with Crippen LogP contribution in [-0.4, -0.2) is 54.1 Å². The molecule has 136 valence electrons. The molecule has 1 aromatic heterocycles. The number of nitrogens with zero attached hydrogens (tertiary/aromatic N) is 3. The standard InChI is InChI=1S/C19H20FN3O3/c1-22(2)17-7-6-13(9-21-17)18(24)23-10-15(16(11-23)19(25)26)12-4-3-5-14(20)8-12/h3-9,15-16H,10-11H2,1-2H3,(H,25,26). The first-order valence-electron chi connectivity index (χ1n) is 8.27. The molecule has 2 atom stereocenters. The van der Waals surface area contributed by atoms with Gasteiger partial charge < -0.3 is 14.9 Å². The number of rotatable bonds is 4. The number of carbonyl (C=O) groups excluding carboxylic acids is 1. The average molecular weight is 357 g/mol. The fourth-order valence-corrected chi connectivity index (χ4v) is 3.25. The lowest BCUT2D eigenvalue weighted by molar-refractivity contribution is -0.141. The largest absolute Gasteiger partial charge is 0.481 e. The van der Waals surface area contributed by atoms with Crippen molar-refractivity contribution in [3.63, 3.8) is 0 Å². The average Bonchev–Trinajstić information content (AvgIpc) is 3.07. The Kier molecular flexibility index (Phi) is 4.88. The maximum atomic E-state index is 13.5. The summed E-state index contributed by atoms with van der Waals surface area (Å²) in [6, 6.07) is 9.32. The van der Waals surface area contributed by atoms with E-state index in [4.69, 9.17) is 0 Å². The lowest BCUT2D eigenvalue weighted by Gasteiger charge is -2.17. The van der Waals surface area contributed by atoms with Gasteiger partial charge in [-0.3, -0.25) is 9.59 Å². The molecular weight excluding hydrogens is 337 g/mol. The molecule has 1 amide bonds. The summed E-state index contributed by atoms with van der Waals surface area (Å²) in [6.07, 6.45) is 1.49. The summed E-state index contributed by atoms with van der Waals surface area (Å²) >= 11 is 0. The maximum Gasteiger partial charge on any atom is 0.308 e. The summed E-state index contributed by atoms with van der Waals surface area (Å²) in [4.78, 5) is 31.9. The van der Waals surface area contributed by atoms with Gasteiger partial charge >= 0.3 is 5.97 Å². The fraction of sp³-hybridized carbons (Fsp3) is 0.316. The van der Waals surface area contributed by atoms with Gasteiger partial charge in [-0.05, 0) is 29.8 Å². The van der Waals surface area contributed by atoms with Gasteiger partial charge in [0.05, 0.1) is 11.5 Å². The summed E-state index contributed by atoms with van der Waals surface area (Å²) < 4.78 is 13.5. The van der Waals surface area contributed by atoms with Crippen LogP contribution in [0.4, 0.5) is 10.2 Å². The van der Waals surface area contributed by atoms with Crippen LogP contribution in [0.3, 0.4) is 0 Å². The predicted octanol–water partition coefficient (Wildman–Crippen LogP) is 2.23. The number of pyridine rings is 1. The fourth-order valence-electron chi connectivity index (χ4n) is 3.25. The van der Waals surface area contributed by atoms with Crippen LogP contribution in [0.1, 0.15) is 21.8 Å². The molecule has 26 heavy (non-hydrogen) atoms. The number of carbonyl (C=O) groups is 2. The van der Waals surface area contributed by atoms with Gasteiger partial charge in [0.15, 0.2) is 0 Å². The van der Waals surface area contributed by atoms with E-state index < -0.39 is 23.6 Å². The highest BCUT2D eigenvalue weighted by Crippen LogP contribution is 2.34. The van der Waals surface area contributed by atoms with Crippen LogP contribution in [-0.2, 0) is 4.79 Å². The number of hydrogen-bond donors (Lipinski definition) is 1. The number of hydrogen-bond acceptors (Lipinski definition) is 4. The van der Waals surface area contributed by atoms with Gasteiger partial charge in [-0.15, -0.1) is 0 Å². The molecule has 0 aliphatic carbocycles. The number of likely N-dealkylation sites (tertiary alicyclic amines) is 1. The van der Waals surface area contributed by atoms with E-state index >= 15 is 0 Å². The number of aliphatic carboxylic acids is 1. The number of amides is 1. The summed E-state index contributed by atoms with van der Waals surface area (Å²) in [6.45, 7) is 0.319. The first-order chi connectivity index (χ1) is 12.4. The lowest BCUT2D eigenvalue weighted by Crippen LogP contribution is -2.30. The van der Waals surface area contributed by atoms with Crippen LogP contribution in [0.5, 0.6) is 0 Å². The van der Waals surface area contributed by atoms with Crippen molar-refractivity contribution in [1.82, 2.24) is 9.88 Å². The number of halogens is 1. The second-order valence-corrected chi connectivity index (χ2v) is 6.62. The summed E-state index contributed by atoms with van der Waals surface area (Å²) in [5, 5.41) is 9.53. The van der Waals surface area contributed by atoms with Crippen LogP contribution in [0.25, 0.3) is 0 Å². The Morgan fingerprint density at radius 2 is 2.00 bits per heavy atom. The SMILES string of the molecule is CN(C)c1ccc(C(=O)N2CC(C(=O)O)C(c3cccc(F)c3)C2)cn1. The first kappa shape index (κ1) is 17.8. The zero-order valence-electron chi connectivity index (χ0n) is 14.6. The minimum absolute atomic E-state index is 0.0881. The molecule has 1 aliphatic heterocycles. The molecule has 0 bridgehead atoms. The van der Waals surface area contributed by atoms with Gasteiger partial charge in [-0.25, -0.2) is 9.37 Å². The quantitative estimate of drug-likeness (QED) is 0.908. The molecule has 1 aromatic carbocycles. The third kappa shape index (κ3) is 3.51. The van der Waals surface area contributed by atoms with Crippen molar-refractivity contribution in [2.75, 3.05) is 32.1 Å². The van der Waals surface area contributed by atoms with E-state index in [1.807, 2.05) is 19.0 Å². The molecular formula is C19H20FN3O3. The van der Waals surface area contributed by atoms with Crippen LogP contribution in [0.15, 0.2) is 42.6 Å². The molecule has 1 N–H and O–H groups in total. The highest BCUT2D eigenvalue weighted by atomic mass is 19.1. The number of carboxylic acids is 1. The Hall–Kier alpha value is -2.96. The Morgan fingerprint density at radius 3 is 2.58 bits per heavy atom. The van der Waals surface area contributed by atoms with Crippen molar-refractivity contribution in [2.24, 2.45) is 5.92 Å². The predicted molar refractivity (Wildman–Crippen MR) is 94.7 cm³/mol. The first-order valence-corrected chi connectivity index (χ1v) is 8.27. The van der Waals surface area contributed by atoms with E-state index in [2.05, 4.69) is 4.98 Å². The van der Waals surface area contributed by atoms with E-state index in [1.54, 1.807) is 24.3 Å². The molecule has 2 unspecified atom stereocenters. The maximum absolute atomic E-state index is 13.5. The monoisotopic (exact) mass is 357 g/mol. The van der Waals surface area contributed by atoms with Crippen LogP contribution in [0.2, 0.25) is 0 Å². The number of benzene rings is 1. The molecule has 1 aliphatic rings. The topological polar surface area (TPSA) is 73.7 Å². The molecule has 2 heterocycles. The molecule has 0 saturated carbocycles. The Balaban J connectivity index is 1.83. The highest BCUT2D eigenvalue weighted by Gasteiger charge is 2.40. The molecule has 2 aromatic rings. The van der Waals surface area contributed by atoms with Gasteiger partial charge in [-0.2, -0.15) is 0 Å². The van der Waals surface area contributed by atoms with Crippen molar-refractivity contribution < 1.29 is 19.1 Å². The van der Waals surface area contributed by atoms with E-state index in [-0.39, 0.29) is 19.0 Å². The lowest BCUT2D eigenvalue weighted by atomic mass is 9.89. The van der Waals surface area contributed by atoms with Crippen LogP contribution >= 0.6 is 0 Å². The summed E-state index contributed by atoms with van der Waals surface area (Å²) in [5.74, 6) is -2.16. The Morgan fingerprint density at radius 1 is 1.23 bits per heavy atom. The third-order valence-corrected chi connectivity index (χ3v) is 4.65. The van der Waals surface area contributed by atoms with E-state index in [9.17, 15) is 19.1 Å². The Bertz CT molecular complexity index is 823. The number of aromatic nitrogens is 1. The van der Waals surface area contributed by atoms with Crippen molar-refractivity contribution in [3.8, 4) is 0 Å². The van der Waals surface area contributed by atoms with Gasteiger partial charge in [0.2, 0.25) is 0 Å². The van der Waals surface area contributed by atoms with Gasteiger partial charge in [0, 0.05) is 39.3 Å².